The lowest BCUT2D eigenvalue weighted by atomic mass is 9.96. The van der Waals surface area contributed by atoms with Crippen molar-refractivity contribution < 1.29 is 8.83 Å². The number of fused-ring (bicyclic) bond motifs is 7. The van der Waals surface area contributed by atoms with E-state index in [0.717, 1.165) is 33.5 Å². The highest BCUT2D eigenvalue weighted by Gasteiger charge is 2.14. The van der Waals surface area contributed by atoms with Gasteiger partial charge in [-0.25, -0.2) is 0 Å². The summed E-state index contributed by atoms with van der Waals surface area (Å²) in [6, 6.07) is 30.7. The Labute approximate surface area is 215 Å². The maximum Gasteiger partial charge on any atom is 0.145 e. The molecule has 0 amide bonds. The first-order valence-corrected chi connectivity index (χ1v) is 13.6. The molecule has 172 valence electrons. The number of hydrogen-bond donors (Lipinski definition) is 0. The van der Waals surface area contributed by atoms with Crippen LogP contribution in [0.25, 0.3) is 75.5 Å². The van der Waals surface area contributed by atoms with Crippen LogP contribution in [-0.2, 0) is 0 Å². The minimum atomic E-state index is 0.925. The van der Waals surface area contributed by atoms with E-state index < -0.39 is 0 Å². The summed E-state index contributed by atoms with van der Waals surface area (Å²) in [6.07, 6.45) is 0. The number of thiophene rings is 2. The molecular weight excluding hydrogens is 480 g/mol. The quantitative estimate of drug-likeness (QED) is 0.221. The van der Waals surface area contributed by atoms with Crippen molar-refractivity contribution in [3.63, 3.8) is 0 Å². The zero-order valence-electron chi connectivity index (χ0n) is 19.7. The van der Waals surface area contributed by atoms with Gasteiger partial charge in [-0.1, -0.05) is 24.3 Å². The first-order valence-electron chi connectivity index (χ1n) is 12.0. The van der Waals surface area contributed by atoms with Gasteiger partial charge >= 0.3 is 0 Å². The molecule has 0 bridgehead atoms. The van der Waals surface area contributed by atoms with Crippen LogP contribution in [0.1, 0.15) is 9.75 Å². The van der Waals surface area contributed by atoms with Gasteiger partial charge in [0.25, 0.3) is 0 Å². The van der Waals surface area contributed by atoms with E-state index in [4.69, 9.17) is 8.83 Å². The molecule has 4 heterocycles. The van der Waals surface area contributed by atoms with Gasteiger partial charge in [-0.3, -0.25) is 0 Å². The zero-order valence-corrected chi connectivity index (χ0v) is 21.3. The third kappa shape index (κ3) is 3.01. The minimum absolute atomic E-state index is 0.925. The van der Waals surface area contributed by atoms with Crippen molar-refractivity contribution in [1.82, 2.24) is 0 Å². The Morgan fingerprint density at radius 2 is 0.917 bits per heavy atom. The molecule has 0 aliphatic carbocycles. The van der Waals surface area contributed by atoms with E-state index in [2.05, 4.69) is 98.8 Å². The molecule has 0 aliphatic heterocycles. The second-order valence-corrected chi connectivity index (χ2v) is 12.1. The van der Waals surface area contributed by atoms with Crippen molar-refractivity contribution in [3.8, 4) is 21.3 Å². The zero-order chi connectivity index (χ0) is 24.0. The van der Waals surface area contributed by atoms with Gasteiger partial charge in [0.1, 0.15) is 22.7 Å². The summed E-state index contributed by atoms with van der Waals surface area (Å²) >= 11 is 3.53. The third-order valence-electron chi connectivity index (χ3n) is 7.07. The average molecular weight is 501 g/mol. The Kier molecular flexibility index (Phi) is 4.14. The summed E-state index contributed by atoms with van der Waals surface area (Å²) in [5.74, 6) is 1.87. The van der Waals surface area contributed by atoms with E-state index in [1.165, 1.54) is 51.8 Å². The van der Waals surface area contributed by atoms with Crippen LogP contribution in [0.2, 0.25) is 0 Å². The highest BCUT2D eigenvalue weighted by Crippen LogP contribution is 2.39. The second-order valence-electron chi connectivity index (χ2n) is 9.49. The molecule has 36 heavy (non-hydrogen) atoms. The van der Waals surface area contributed by atoms with Crippen LogP contribution in [0.4, 0.5) is 0 Å². The maximum absolute atomic E-state index is 6.31. The topological polar surface area (TPSA) is 26.3 Å². The van der Waals surface area contributed by atoms with E-state index in [1.54, 1.807) is 22.7 Å². The monoisotopic (exact) mass is 500 g/mol. The summed E-state index contributed by atoms with van der Waals surface area (Å²) in [5, 5.41) is 9.59. The smallest absolute Gasteiger partial charge is 0.145 e. The van der Waals surface area contributed by atoms with E-state index in [1.807, 2.05) is 0 Å². The first-order chi connectivity index (χ1) is 17.6. The van der Waals surface area contributed by atoms with Gasteiger partial charge in [0.15, 0.2) is 0 Å². The molecule has 0 unspecified atom stereocenters. The molecule has 0 atom stereocenters. The largest absolute Gasteiger partial charge is 0.455 e. The molecule has 4 aromatic heterocycles. The number of rotatable bonds is 2. The fraction of sp³-hybridized carbons (Fsp3) is 0.0625. The van der Waals surface area contributed by atoms with E-state index in [9.17, 15) is 0 Å². The lowest BCUT2D eigenvalue weighted by Crippen LogP contribution is -1.81. The molecule has 2 nitrogen and oxygen atoms in total. The van der Waals surface area contributed by atoms with Gasteiger partial charge < -0.3 is 8.83 Å². The molecule has 0 spiro atoms. The normalized spacial score (nSPS) is 12.2. The van der Waals surface area contributed by atoms with Crippen molar-refractivity contribution in [2.75, 3.05) is 0 Å². The van der Waals surface area contributed by atoms with Gasteiger partial charge in [-0.15, -0.1) is 22.7 Å². The van der Waals surface area contributed by atoms with Crippen LogP contribution in [0.15, 0.2) is 93.8 Å². The summed E-state index contributed by atoms with van der Waals surface area (Å²) in [4.78, 5) is 4.92. The number of hydrogen-bond acceptors (Lipinski definition) is 4. The Bertz CT molecular complexity index is 1980. The minimum Gasteiger partial charge on any atom is -0.455 e. The highest BCUT2D eigenvalue weighted by molar-refractivity contribution is 7.15. The van der Waals surface area contributed by atoms with Gasteiger partial charge in [0.2, 0.25) is 0 Å². The van der Waals surface area contributed by atoms with Crippen molar-refractivity contribution in [2.45, 2.75) is 13.8 Å². The van der Waals surface area contributed by atoms with Crippen LogP contribution >= 0.6 is 22.7 Å². The summed E-state index contributed by atoms with van der Waals surface area (Å²) < 4.78 is 12.6. The standard InChI is InChI=1S/C32H20O2S2/c1-17-3-9-31(35-17)29-13-21-11-19-5-7-24-23(25(19)15-27(21)33-29)8-6-20-12-22-14-30(32-10-4-18(2)36-32)34-28(22)16-26(20)24/h3-16H,1-2H3. The molecular formula is C32H20O2S2. The van der Waals surface area contributed by atoms with Crippen molar-refractivity contribution in [3.05, 3.63) is 94.7 Å². The van der Waals surface area contributed by atoms with Crippen LogP contribution in [0, 0.1) is 13.8 Å². The Morgan fingerprint density at radius 1 is 0.444 bits per heavy atom. The first kappa shape index (κ1) is 20.3. The van der Waals surface area contributed by atoms with Crippen molar-refractivity contribution >= 4 is 76.9 Å². The molecule has 8 aromatic rings. The van der Waals surface area contributed by atoms with E-state index in [-0.39, 0.29) is 0 Å². The van der Waals surface area contributed by atoms with Gasteiger partial charge in [-0.05, 0) is 107 Å². The molecule has 0 fully saturated rings. The van der Waals surface area contributed by atoms with Crippen LogP contribution in [0.5, 0.6) is 0 Å². The summed E-state index contributed by atoms with van der Waals surface area (Å²) in [7, 11) is 0. The molecule has 0 radical (unpaired) electrons. The Morgan fingerprint density at radius 3 is 1.33 bits per heavy atom. The molecule has 0 saturated carbocycles. The Hall–Kier alpha value is -3.86. The fourth-order valence-corrected chi connectivity index (χ4v) is 6.96. The predicted octanol–water partition coefficient (Wildman–Crippen LogP) is 10.7. The molecule has 0 aliphatic rings. The van der Waals surface area contributed by atoms with Crippen LogP contribution in [0.3, 0.4) is 0 Å². The van der Waals surface area contributed by atoms with Gasteiger partial charge in [0, 0.05) is 20.5 Å². The summed E-state index contributed by atoms with van der Waals surface area (Å²) in [5.41, 5.74) is 1.85. The highest BCUT2D eigenvalue weighted by atomic mass is 32.1. The molecule has 4 heteroatoms. The Balaban J connectivity index is 1.34. The molecule has 4 aromatic carbocycles. The molecule has 8 rings (SSSR count). The van der Waals surface area contributed by atoms with Crippen molar-refractivity contribution in [2.24, 2.45) is 0 Å². The molecule has 0 saturated heterocycles. The maximum atomic E-state index is 6.31. The lowest BCUT2D eigenvalue weighted by Gasteiger charge is -2.08. The lowest BCUT2D eigenvalue weighted by molar-refractivity contribution is 0.633. The number of aryl methyl sites for hydroxylation is 2. The molecule has 0 N–H and O–H groups in total. The number of furan rings is 2. The average Bonchev–Trinajstić information content (AvgIpc) is 3.66. The predicted molar refractivity (Wildman–Crippen MR) is 155 cm³/mol. The summed E-state index contributed by atoms with van der Waals surface area (Å²) in [6.45, 7) is 4.25. The third-order valence-corrected chi connectivity index (χ3v) is 9.10. The van der Waals surface area contributed by atoms with Crippen LogP contribution in [-0.4, -0.2) is 0 Å². The van der Waals surface area contributed by atoms with E-state index in [0.29, 0.717) is 0 Å². The van der Waals surface area contributed by atoms with E-state index >= 15 is 0 Å². The second kappa shape index (κ2) is 7.33. The van der Waals surface area contributed by atoms with Gasteiger partial charge in [-0.2, -0.15) is 0 Å². The van der Waals surface area contributed by atoms with Crippen LogP contribution < -0.4 is 0 Å². The number of benzene rings is 4. The SMILES string of the molecule is Cc1ccc(-c2cc3cc4ccc5c6cc7oc(-c8ccc(C)s8)cc7cc6ccc5c4cc3o2)s1. The fourth-order valence-electron chi connectivity index (χ4n) is 5.32. The van der Waals surface area contributed by atoms with Crippen molar-refractivity contribution in [1.29, 1.82) is 0 Å². The van der Waals surface area contributed by atoms with Gasteiger partial charge in [0.05, 0.1) is 9.75 Å².